The molecular weight excluding hydrogens is 207 g/mol. The van der Waals surface area contributed by atoms with E-state index in [1.54, 1.807) is 6.21 Å². The van der Waals surface area contributed by atoms with E-state index in [9.17, 15) is 0 Å². The molecule has 2 nitrogen and oxygen atoms in total. The van der Waals surface area contributed by atoms with Crippen molar-refractivity contribution in [1.82, 2.24) is 0 Å². The van der Waals surface area contributed by atoms with Crippen LogP contribution in [0.4, 0.5) is 0 Å². The Morgan fingerprint density at radius 2 is 2.23 bits per heavy atom. The van der Waals surface area contributed by atoms with Crippen LogP contribution in [0, 0.1) is 5.92 Å². The first-order valence-corrected chi connectivity index (χ1v) is 4.81. The Labute approximate surface area is 89.1 Å². The molecule has 1 atom stereocenters. The van der Waals surface area contributed by atoms with Gasteiger partial charge < -0.3 is 5.73 Å². The predicted octanol–water partition coefficient (Wildman–Crippen LogP) is 3.22. The lowest BCUT2D eigenvalue weighted by Gasteiger charge is -2.08. The number of nitrogens with zero attached hydrogens (tertiary/aromatic N) is 1. The van der Waals surface area contributed by atoms with E-state index in [1.165, 1.54) is 6.20 Å². The molecule has 0 aromatic heterocycles. The average molecular weight is 221 g/mol. The van der Waals surface area contributed by atoms with Crippen molar-refractivity contribution in [3.8, 4) is 0 Å². The average Bonchev–Trinajstić information content (AvgIpc) is 2.11. The fourth-order valence-corrected chi connectivity index (χ4v) is 1.14. The predicted molar refractivity (Wildman–Crippen MR) is 60.0 cm³/mol. The van der Waals surface area contributed by atoms with Crippen molar-refractivity contribution < 1.29 is 0 Å². The molecule has 0 bridgehead atoms. The maximum absolute atomic E-state index is 5.76. The molecule has 13 heavy (non-hydrogen) atoms. The molecule has 0 saturated heterocycles. The van der Waals surface area contributed by atoms with Crippen LogP contribution in [0.1, 0.15) is 19.8 Å². The van der Waals surface area contributed by atoms with Crippen molar-refractivity contribution in [2.45, 2.75) is 19.8 Å². The maximum Gasteiger partial charge on any atom is 0.143 e. The van der Waals surface area contributed by atoms with Gasteiger partial charge >= 0.3 is 0 Å². The van der Waals surface area contributed by atoms with Gasteiger partial charge in [-0.25, -0.2) is 4.99 Å². The first-order valence-electron chi connectivity index (χ1n) is 4.06. The number of hydrogen-bond acceptors (Lipinski definition) is 2. The molecule has 74 valence electrons. The third kappa shape index (κ3) is 5.72. The van der Waals surface area contributed by atoms with Crippen LogP contribution in [-0.4, -0.2) is 6.21 Å². The molecule has 0 heterocycles. The van der Waals surface area contributed by atoms with E-state index in [1.807, 2.05) is 6.92 Å². The van der Waals surface area contributed by atoms with Gasteiger partial charge in [-0.1, -0.05) is 36.7 Å². The zero-order valence-corrected chi connectivity index (χ0v) is 9.15. The summed E-state index contributed by atoms with van der Waals surface area (Å²) in [4.78, 5) is 3.89. The van der Waals surface area contributed by atoms with E-state index in [0.717, 1.165) is 12.8 Å². The second-order valence-electron chi connectivity index (χ2n) is 2.59. The summed E-state index contributed by atoms with van der Waals surface area (Å²) < 4.78 is 0. The first-order chi connectivity index (χ1) is 6.11. The van der Waals surface area contributed by atoms with Crippen LogP contribution < -0.4 is 5.73 Å². The van der Waals surface area contributed by atoms with Crippen LogP contribution >= 0.6 is 23.2 Å². The summed E-state index contributed by atoms with van der Waals surface area (Å²) in [5.41, 5.74) is 5.13. The van der Waals surface area contributed by atoms with Crippen molar-refractivity contribution in [1.29, 1.82) is 0 Å². The molecule has 1 unspecified atom stereocenters. The van der Waals surface area contributed by atoms with Crippen molar-refractivity contribution in [3.05, 3.63) is 23.0 Å². The highest BCUT2D eigenvalue weighted by molar-refractivity contribution is 6.30. The van der Waals surface area contributed by atoms with Gasteiger partial charge in [0.15, 0.2) is 0 Å². The second-order valence-corrected chi connectivity index (χ2v) is 3.46. The minimum absolute atomic E-state index is 0.257. The molecule has 4 heteroatoms. The molecular formula is C9H14Cl2N2. The molecule has 0 amide bonds. The number of aliphatic imine (C=N–C) groups is 1. The van der Waals surface area contributed by atoms with Gasteiger partial charge in [0.25, 0.3) is 0 Å². The van der Waals surface area contributed by atoms with E-state index in [-0.39, 0.29) is 11.1 Å². The fourth-order valence-electron chi connectivity index (χ4n) is 0.826. The standard InChI is InChI=1S/C9H14Cl2N2/c1-3-8(7(2)10)4-5-13-9(11)6-12/h5-6,8H,2-4,12H2,1H3/b9-6-,13-5?. The molecule has 0 saturated carbocycles. The third-order valence-electron chi connectivity index (χ3n) is 1.68. The molecule has 0 aliphatic heterocycles. The molecule has 0 aliphatic carbocycles. The van der Waals surface area contributed by atoms with Gasteiger partial charge in [-0.05, 0) is 18.8 Å². The summed E-state index contributed by atoms with van der Waals surface area (Å²) in [6.45, 7) is 5.72. The van der Waals surface area contributed by atoms with Crippen LogP contribution in [0.2, 0.25) is 0 Å². The van der Waals surface area contributed by atoms with Gasteiger partial charge in [0.2, 0.25) is 0 Å². The topological polar surface area (TPSA) is 38.4 Å². The zero-order chi connectivity index (χ0) is 10.3. The zero-order valence-electron chi connectivity index (χ0n) is 7.63. The second kappa shape index (κ2) is 6.98. The molecule has 2 N–H and O–H groups in total. The quantitative estimate of drug-likeness (QED) is 0.561. The number of nitrogens with two attached hydrogens (primary N) is 1. The van der Waals surface area contributed by atoms with Gasteiger partial charge in [0.1, 0.15) is 5.16 Å². The Morgan fingerprint density at radius 3 is 2.62 bits per heavy atom. The van der Waals surface area contributed by atoms with Crippen LogP contribution in [0.3, 0.4) is 0 Å². The lowest BCUT2D eigenvalue weighted by Crippen LogP contribution is -1.98. The number of halogens is 2. The Morgan fingerprint density at radius 1 is 1.62 bits per heavy atom. The van der Waals surface area contributed by atoms with Gasteiger partial charge in [-0.2, -0.15) is 0 Å². The van der Waals surface area contributed by atoms with E-state index < -0.39 is 0 Å². The van der Waals surface area contributed by atoms with E-state index >= 15 is 0 Å². The summed E-state index contributed by atoms with van der Waals surface area (Å²) in [5.74, 6) is 0.257. The smallest absolute Gasteiger partial charge is 0.143 e. The van der Waals surface area contributed by atoms with Gasteiger partial charge in [-0.15, -0.1) is 0 Å². The van der Waals surface area contributed by atoms with Gasteiger partial charge in [0.05, 0.1) is 0 Å². The molecule has 0 fully saturated rings. The molecule has 0 rings (SSSR count). The van der Waals surface area contributed by atoms with Crippen LogP contribution in [-0.2, 0) is 0 Å². The van der Waals surface area contributed by atoms with Gasteiger partial charge in [0, 0.05) is 17.4 Å². The van der Waals surface area contributed by atoms with Crippen molar-refractivity contribution in [2.75, 3.05) is 0 Å². The van der Waals surface area contributed by atoms with Crippen molar-refractivity contribution in [3.63, 3.8) is 0 Å². The normalized spacial score (nSPS) is 14.8. The molecule has 0 aromatic rings. The Kier molecular flexibility index (Phi) is 6.73. The van der Waals surface area contributed by atoms with E-state index in [4.69, 9.17) is 28.9 Å². The molecule has 0 radical (unpaired) electrons. The maximum atomic E-state index is 5.76. The van der Waals surface area contributed by atoms with Crippen LogP contribution in [0.5, 0.6) is 0 Å². The molecule has 0 spiro atoms. The highest BCUT2D eigenvalue weighted by Crippen LogP contribution is 2.19. The summed E-state index contributed by atoms with van der Waals surface area (Å²) in [6, 6.07) is 0. The number of allylic oxidation sites excluding steroid dienone is 1. The largest absolute Gasteiger partial charge is 0.402 e. The highest BCUT2D eigenvalue weighted by atomic mass is 35.5. The van der Waals surface area contributed by atoms with E-state index in [0.29, 0.717) is 5.03 Å². The Bertz CT molecular complexity index is 222. The summed E-state index contributed by atoms with van der Waals surface area (Å²) in [6.07, 6.45) is 4.63. The van der Waals surface area contributed by atoms with Crippen molar-refractivity contribution >= 4 is 29.4 Å². The van der Waals surface area contributed by atoms with Crippen molar-refractivity contribution in [2.24, 2.45) is 16.6 Å². The molecule has 0 aliphatic rings. The van der Waals surface area contributed by atoms with Gasteiger partial charge in [-0.3, -0.25) is 0 Å². The summed E-state index contributed by atoms with van der Waals surface area (Å²) in [7, 11) is 0. The fraction of sp³-hybridized carbons (Fsp3) is 0.444. The number of hydrogen-bond donors (Lipinski definition) is 1. The minimum Gasteiger partial charge on any atom is -0.402 e. The molecule has 0 aromatic carbocycles. The Hall–Kier alpha value is -0.470. The lowest BCUT2D eigenvalue weighted by molar-refractivity contribution is 0.650. The lowest BCUT2D eigenvalue weighted by atomic mass is 10.0. The Balaban J connectivity index is 3.99. The SMILES string of the molecule is C=C(Cl)C(CC)CC=N/C(Cl)=C\N. The monoisotopic (exact) mass is 220 g/mol. The van der Waals surface area contributed by atoms with Crippen LogP contribution in [0.25, 0.3) is 0 Å². The highest BCUT2D eigenvalue weighted by Gasteiger charge is 2.05. The number of rotatable bonds is 5. The van der Waals surface area contributed by atoms with Crippen LogP contribution in [0.15, 0.2) is 28.0 Å². The van der Waals surface area contributed by atoms with E-state index in [2.05, 4.69) is 11.6 Å². The first kappa shape index (κ1) is 12.5. The third-order valence-corrected chi connectivity index (χ3v) is 2.21. The summed E-state index contributed by atoms with van der Waals surface area (Å²) in [5, 5.41) is 0.942. The summed E-state index contributed by atoms with van der Waals surface area (Å²) >= 11 is 11.3. The minimum atomic E-state index is 0.257.